The third-order valence-electron chi connectivity index (χ3n) is 6.14. The van der Waals surface area contributed by atoms with Crippen LogP contribution < -0.4 is 4.74 Å². The van der Waals surface area contributed by atoms with Gasteiger partial charge in [-0.1, -0.05) is 23.4 Å². The number of nitrogens with zero attached hydrogens (tertiary/aromatic N) is 5. The molecule has 1 aliphatic rings. The van der Waals surface area contributed by atoms with Crippen molar-refractivity contribution in [2.45, 2.75) is 25.7 Å². The van der Waals surface area contributed by atoms with E-state index in [-0.39, 0.29) is 23.9 Å². The second-order valence-electron chi connectivity index (χ2n) is 8.96. The van der Waals surface area contributed by atoms with Crippen molar-refractivity contribution in [3.05, 3.63) is 58.9 Å². The molecule has 0 saturated carbocycles. The van der Waals surface area contributed by atoms with E-state index in [0.717, 1.165) is 34.4 Å². The maximum absolute atomic E-state index is 13.3. The summed E-state index contributed by atoms with van der Waals surface area (Å²) in [7, 11) is 0. The molecule has 8 nitrogen and oxygen atoms in total. The van der Waals surface area contributed by atoms with E-state index in [1.807, 2.05) is 25.1 Å². The van der Waals surface area contributed by atoms with E-state index in [2.05, 4.69) is 24.9 Å². The number of aryl methyl sites for hydroxylation is 1. The van der Waals surface area contributed by atoms with Crippen LogP contribution in [0.2, 0.25) is 0 Å². The van der Waals surface area contributed by atoms with E-state index >= 15 is 0 Å². The van der Waals surface area contributed by atoms with Crippen LogP contribution in [0.4, 0.5) is 13.2 Å². The van der Waals surface area contributed by atoms with Crippen molar-refractivity contribution < 1.29 is 27.5 Å². The highest BCUT2D eigenvalue weighted by Crippen LogP contribution is 2.36. The lowest BCUT2D eigenvalue weighted by Gasteiger charge is -2.34. The van der Waals surface area contributed by atoms with Crippen LogP contribution in [0.25, 0.3) is 21.6 Å². The molecule has 1 N–H and O–H groups in total. The van der Waals surface area contributed by atoms with Crippen LogP contribution in [0.1, 0.15) is 16.5 Å². The van der Waals surface area contributed by atoms with Crippen LogP contribution in [-0.4, -0.2) is 75.5 Å². The molecule has 2 aromatic carbocycles. The third-order valence-corrected chi connectivity index (χ3v) is 7.09. The van der Waals surface area contributed by atoms with Crippen LogP contribution in [0.5, 0.6) is 5.75 Å². The molecule has 3 heterocycles. The molecule has 5 rings (SSSR count). The number of thiazole rings is 1. The monoisotopic (exact) mass is 533 g/mol. The van der Waals surface area contributed by atoms with Gasteiger partial charge in [0.1, 0.15) is 18.5 Å². The maximum Gasteiger partial charge on any atom is 0.417 e. The molecule has 1 saturated heterocycles. The summed E-state index contributed by atoms with van der Waals surface area (Å²) in [6.45, 7) is 5.81. The Morgan fingerprint density at radius 3 is 2.62 bits per heavy atom. The fraction of sp³-hybridized carbons (Fsp3) is 0.400. The molecule has 2 aromatic heterocycles. The molecule has 4 aromatic rings. The number of halogens is 3. The van der Waals surface area contributed by atoms with Gasteiger partial charge in [-0.25, -0.2) is 4.98 Å². The van der Waals surface area contributed by atoms with Crippen LogP contribution in [0.3, 0.4) is 0 Å². The second-order valence-corrected chi connectivity index (χ2v) is 10.2. The van der Waals surface area contributed by atoms with Gasteiger partial charge < -0.3 is 14.4 Å². The zero-order valence-corrected chi connectivity index (χ0v) is 20.9. The van der Waals surface area contributed by atoms with Crippen LogP contribution >= 0.6 is 11.3 Å². The first-order valence-electron chi connectivity index (χ1n) is 11.9. The summed E-state index contributed by atoms with van der Waals surface area (Å²) in [6.07, 6.45) is -5.15. The number of fused-ring (bicyclic) bond motifs is 1. The predicted octanol–water partition coefficient (Wildman–Crippen LogP) is 4.23. The van der Waals surface area contributed by atoms with Gasteiger partial charge in [0.25, 0.3) is 0 Å². The predicted molar refractivity (Wildman–Crippen MR) is 132 cm³/mol. The van der Waals surface area contributed by atoms with Crippen molar-refractivity contribution >= 4 is 21.6 Å². The number of benzene rings is 2. The number of β-amino-alcohol motifs (C(OH)–C–C–N with tert-alkyl or cyclic N) is 1. The molecule has 0 spiro atoms. The van der Waals surface area contributed by atoms with Gasteiger partial charge in [-0.2, -0.15) is 18.2 Å². The molecule has 0 aliphatic carbocycles. The molecule has 37 heavy (non-hydrogen) atoms. The minimum absolute atomic E-state index is 0.0752. The first kappa shape index (κ1) is 25.6. The zero-order chi connectivity index (χ0) is 26.0. The van der Waals surface area contributed by atoms with Gasteiger partial charge in [0.05, 0.1) is 27.3 Å². The summed E-state index contributed by atoms with van der Waals surface area (Å²) >= 11 is 1.63. The summed E-state index contributed by atoms with van der Waals surface area (Å²) in [5.74, 6) is 0.869. The largest absolute Gasteiger partial charge is 0.491 e. The molecule has 1 atom stereocenters. The number of aliphatic hydroxyl groups is 1. The SMILES string of the molecule is Cc1nc2cc(OC[C@H](O)CN3CCN(Cc4nc(-c5ccccc5C(F)(F)F)no4)CC3)ccc2s1. The van der Waals surface area contributed by atoms with E-state index in [1.165, 1.54) is 18.2 Å². The highest BCUT2D eigenvalue weighted by Gasteiger charge is 2.34. The molecule has 1 fully saturated rings. The maximum atomic E-state index is 13.3. The number of rotatable bonds is 8. The van der Waals surface area contributed by atoms with Gasteiger partial charge in [-0.15, -0.1) is 11.3 Å². The van der Waals surface area contributed by atoms with E-state index in [0.29, 0.717) is 31.9 Å². The lowest BCUT2D eigenvalue weighted by Crippen LogP contribution is -2.48. The van der Waals surface area contributed by atoms with Gasteiger partial charge in [-0.3, -0.25) is 9.80 Å². The summed E-state index contributed by atoms with van der Waals surface area (Å²) in [6, 6.07) is 10.9. The van der Waals surface area contributed by atoms with Crippen molar-refractivity contribution in [3.63, 3.8) is 0 Å². The molecule has 0 amide bonds. The lowest BCUT2D eigenvalue weighted by atomic mass is 10.1. The van der Waals surface area contributed by atoms with Crippen molar-refractivity contribution in [2.75, 3.05) is 39.3 Å². The number of aliphatic hydroxyl groups excluding tert-OH is 1. The van der Waals surface area contributed by atoms with Crippen molar-refractivity contribution in [1.82, 2.24) is 24.9 Å². The topological polar surface area (TPSA) is 87.8 Å². The highest BCUT2D eigenvalue weighted by atomic mass is 32.1. The number of ether oxygens (including phenoxy) is 1. The summed E-state index contributed by atoms with van der Waals surface area (Å²) in [4.78, 5) is 12.9. The molecular formula is C25H26F3N5O3S. The van der Waals surface area contributed by atoms with Crippen LogP contribution in [0, 0.1) is 6.92 Å². The summed E-state index contributed by atoms with van der Waals surface area (Å²) in [5.41, 5.74) is -0.00605. The Bertz CT molecular complexity index is 1350. The lowest BCUT2D eigenvalue weighted by molar-refractivity contribution is -0.137. The van der Waals surface area contributed by atoms with Crippen molar-refractivity contribution in [1.29, 1.82) is 0 Å². The number of aromatic nitrogens is 3. The number of alkyl halides is 3. The average Bonchev–Trinajstić information content (AvgIpc) is 3.48. The molecule has 196 valence electrons. The Balaban J connectivity index is 1.08. The van der Waals surface area contributed by atoms with E-state index < -0.39 is 17.8 Å². The van der Waals surface area contributed by atoms with Gasteiger partial charge in [0.2, 0.25) is 11.7 Å². The van der Waals surface area contributed by atoms with E-state index in [1.54, 1.807) is 11.3 Å². The first-order valence-corrected chi connectivity index (χ1v) is 12.7. The fourth-order valence-corrected chi connectivity index (χ4v) is 5.14. The van der Waals surface area contributed by atoms with E-state index in [9.17, 15) is 18.3 Å². The molecule has 0 radical (unpaired) electrons. The standard InChI is InChI=1S/C25H26F3N5O3S/c1-16-29-21-12-18(6-7-22(21)37-16)35-15-17(34)13-32-8-10-33(11-9-32)14-23-30-24(31-36-23)19-4-2-3-5-20(19)25(26,27)28/h2-7,12,17,34H,8-11,13-15H2,1H3/t17-/m1/s1. The molecular weight excluding hydrogens is 507 g/mol. The Hall–Kier alpha value is -3.06. The van der Waals surface area contributed by atoms with Crippen LogP contribution in [-0.2, 0) is 12.7 Å². The molecule has 12 heteroatoms. The van der Waals surface area contributed by atoms with Crippen LogP contribution in [0.15, 0.2) is 47.0 Å². The minimum atomic E-state index is -4.50. The number of piperazine rings is 1. The quantitative estimate of drug-likeness (QED) is 0.360. The Morgan fingerprint density at radius 2 is 1.84 bits per heavy atom. The Labute approximate surface area is 215 Å². The molecule has 0 unspecified atom stereocenters. The Morgan fingerprint density at radius 1 is 1.08 bits per heavy atom. The number of hydrogen-bond donors (Lipinski definition) is 1. The summed E-state index contributed by atoms with van der Waals surface area (Å²) in [5, 5.41) is 15.2. The smallest absolute Gasteiger partial charge is 0.417 e. The molecule has 1 aliphatic heterocycles. The minimum Gasteiger partial charge on any atom is -0.491 e. The number of hydrogen-bond acceptors (Lipinski definition) is 9. The van der Waals surface area contributed by atoms with Crippen molar-refractivity contribution in [3.8, 4) is 17.1 Å². The fourth-order valence-electron chi connectivity index (χ4n) is 4.33. The van der Waals surface area contributed by atoms with Gasteiger partial charge in [0.15, 0.2) is 0 Å². The second kappa shape index (κ2) is 10.7. The van der Waals surface area contributed by atoms with Gasteiger partial charge in [0, 0.05) is 44.4 Å². The highest BCUT2D eigenvalue weighted by molar-refractivity contribution is 7.18. The van der Waals surface area contributed by atoms with Crippen molar-refractivity contribution in [2.24, 2.45) is 0 Å². The zero-order valence-electron chi connectivity index (χ0n) is 20.1. The third kappa shape index (κ3) is 6.27. The Kier molecular flexibility index (Phi) is 7.43. The van der Waals surface area contributed by atoms with Gasteiger partial charge in [-0.05, 0) is 25.1 Å². The molecule has 0 bridgehead atoms. The average molecular weight is 534 g/mol. The van der Waals surface area contributed by atoms with Gasteiger partial charge >= 0.3 is 6.18 Å². The normalized spacial score (nSPS) is 16.4. The summed E-state index contributed by atoms with van der Waals surface area (Å²) < 4.78 is 52.0. The van der Waals surface area contributed by atoms with E-state index in [4.69, 9.17) is 9.26 Å². The first-order chi connectivity index (χ1) is 17.7.